The number of rotatable bonds is 3. The molecule has 0 amide bonds. The number of carbonyl (C=O) groups excluding carboxylic acids is 1. The van der Waals surface area contributed by atoms with E-state index in [0.29, 0.717) is 6.20 Å². The number of nitrogens with zero attached hydrogens (tertiary/aromatic N) is 1. The average Bonchev–Trinajstić information content (AvgIpc) is 2.38. The lowest BCUT2D eigenvalue weighted by Crippen LogP contribution is -2.07. The number of methoxy groups -OCH3 is 1. The van der Waals surface area contributed by atoms with Crippen molar-refractivity contribution >= 4 is 5.97 Å². The molecule has 0 unspecified atom stereocenters. The molecule has 7 heteroatoms. The zero-order valence-electron chi connectivity index (χ0n) is 10.9. The van der Waals surface area contributed by atoms with E-state index in [4.69, 9.17) is 4.74 Å². The molecule has 0 N–H and O–H groups in total. The number of alkyl halides is 3. The molecule has 0 aromatic carbocycles. The highest BCUT2D eigenvalue weighted by atomic mass is 19.4. The summed E-state index contributed by atoms with van der Waals surface area (Å²) in [6.07, 6.45) is -4.07. The Morgan fingerprint density at radius 1 is 1.45 bits per heavy atom. The van der Waals surface area contributed by atoms with Crippen LogP contribution < -0.4 is 4.74 Å². The third-order valence-corrected chi connectivity index (χ3v) is 2.13. The fourth-order valence-corrected chi connectivity index (χ4v) is 1.28. The minimum atomic E-state index is -4.52. The molecule has 0 bridgehead atoms. The first-order chi connectivity index (χ1) is 9.38. The Bertz CT molecular complexity index is 544. The van der Waals surface area contributed by atoms with Crippen LogP contribution in [0.4, 0.5) is 13.2 Å². The molecule has 20 heavy (non-hydrogen) atoms. The molecule has 0 radical (unpaired) electrons. The second-order valence-electron chi connectivity index (χ2n) is 3.56. The highest BCUT2D eigenvalue weighted by Crippen LogP contribution is 2.30. The van der Waals surface area contributed by atoms with E-state index in [1.54, 1.807) is 6.92 Å². The number of ether oxygens (including phenoxy) is 2. The van der Waals surface area contributed by atoms with E-state index >= 15 is 0 Å². The van der Waals surface area contributed by atoms with Crippen molar-refractivity contribution in [2.75, 3.05) is 13.7 Å². The van der Waals surface area contributed by atoms with Gasteiger partial charge in [-0.3, -0.25) is 4.79 Å². The Hall–Kier alpha value is -2.23. The van der Waals surface area contributed by atoms with Crippen LogP contribution in [0, 0.1) is 11.8 Å². The Kier molecular flexibility index (Phi) is 5.38. The van der Waals surface area contributed by atoms with Gasteiger partial charge in [-0.15, -0.1) is 0 Å². The summed E-state index contributed by atoms with van der Waals surface area (Å²) in [7, 11) is 1.27. The molecule has 0 aliphatic carbocycles. The minimum absolute atomic E-state index is 0.0330. The molecule has 1 rings (SSSR count). The lowest BCUT2D eigenvalue weighted by atomic mass is 10.2. The van der Waals surface area contributed by atoms with Gasteiger partial charge in [0.05, 0.1) is 24.8 Å². The standard InChI is InChI=1S/C13H12F3NO3/c1-3-20-11(18)6-4-5-9-7-10(13(14,15)16)8-17-12(9)19-2/h7-8H,3,6H2,1-2H3. The molecule has 1 heterocycles. The molecule has 0 spiro atoms. The van der Waals surface area contributed by atoms with Crippen LogP contribution >= 0.6 is 0 Å². The van der Waals surface area contributed by atoms with Crippen molar-refractivity contribution < 1.29 is 27.4 Å². The molecule has 0 atom stereocenters. The van der Waals surface area contributed by atoms with E-state index in [1.165, 1.54) is 7.11 Å². The van der Waals surface area contributed by atoms with Crippen LogP contribution in [0.25, 0.3) is 0 Å². The second-order valence-corrected chi connectivity index (χ2v) is 3.56. The second kappa shape index (κ2) is 6.80. The molecular formula is C13H12F3NO3. The van der Waals surface area contributed by atoms with Gasteiger partial charge in [-0.05, 0) is 13.0 Å². The zero-order chi connectivity index (χ0) is 15.2. The van der Waals surface area contributed by atoms with E-state index in [2.05, 4.69) is 21.6 Å². The van der Waals surface area contributed by atoms with Gasteiger partial charge < -0.3 is 9.47 Å². The van der Waals surface area contributed by atoms with Gasteiger partial charge in [0.25, 0.3) is 0 Å². The molecule has 1 aromatic heterocycles. The SMILES string of the molecule is CCOC(=O)CC#Cc1cc(C(F)(F)F)cnc1OC. The summed E-state index contributed by atoms with van der Waals surface area (Å²) in [6.45, 7) is 1.86. The molecule has 0 saturated heterocycles. The maximum Gasteiger partial charge on any atom is 0.417 e. The van der Waals surface area contributed by atoms with Gasteiger partial charge >= 0.3 is 12.1 Å². The van der Waals surface area contributed by atoms with Gasteiger partial charge in [-0.2, -0.15) is 13.2 Å². The molecule has 4 nitrogen and oxygen atoms in total. The fourth-order valence-electron chi connectivity index (χ4n) is 1.28. The lowest BCUT2D eigenvalue weighted by Gasteiger charge is -2.08. The first kappa shape index (κ1) is 15.8. The summed E-state index contributed by atoms with van der Waals surface area (Å²) in [5, 5.41) is 0. The zero-order valence-corrected chi connectivity index (χ0v) is 10.9. The normalized spacial score (nSPS) is 10.4. The van der Waals surface area contributed by atoms with Crippen molar-refractivity contribution in [3.8, 4) is 17.7 Å². The van der Waals surface area contributed by atoms with Gasteiger partial charge in [0.1, 0.15) is 6.42 Å². The van der Waals surface area contributed by atoms with Crippen LogP contribution in [0.1, 0.15) is 24.5 Å². The van der Waals surface area contributed by atoms with Crippen LogP contribution in [0.2, 0.25) is 0 Å². The number of carbonyl (C=O) groups is 1. The number of pyridine rings is 1. The monoisotopic (exact) mass is 287 g/mol. The van der Waals surface area contributed by atoms with Crippen molar-refractivity contribution in [3.63, 3.8) is 0 Å². The summed E-state index contributed by atoms with van der Waals surface area (Å²) < 4.78 is 47.1. The Morgan fingerprint density at radius 2 is 2.15 bits per heavy atom. The maximum atomic E-state index is 12.6. The third kappa shape index (κ3) is 4.46. The molecular weight excluding hydrogens is 275 g/mol. The molecule has 0 aliphatic rings. The summed E-state index contributed by atoms with van der Waals surface area (Å²) in [6, 6.07) is 0.823. The van der Waals surface area contributed by atoms with E-state index in [-0.39, 0.29) is 24.5 Å². The van der Waals surface area contributed by atoms with Crippen LogP contribution in [-0.2, 0) is 15.7 Å². The van der Waals surface area contributed by atoms with E-state index in [1.807, 2.05) is 0 Å². The summed E-state index contributed by atoms with van der Waals surface area (Å²) >= 11 is 0. The van der Waals surface area contributed by atoms with Crippen LogP contribution in [0.5, 0.6) is 5.88 Å². The van der Waals surface area contributed by atoms with Crippen molar-refractivity contribution in [2.24, 2.45) is 0 Å². The quantitative estimate of drug-likeness (QED) is 0.633. The van der Waals surface area contributed by atoms with Gasteiger partial charge in [0.2, 0.25) is 5.88 Å². The topological polar surface area (TPSA) is 48.4 Å². The van der Waals surface area contributed by atoms with Gasteiger partial charge in [-0.1, -0.05) is 11.8 Å². The fraction of sp³-hybridized carbons (Fsp3) is 0.385. The molecule has 1 aromatic rings. The predicted octanol–water partition coefficient (Wildman–Crippen LogP) is 2.41. The largest absolute Gasteiger partial charge is 0.480 e. The maximum absolute atomic E-state index is 12.6. The molecule has 0 saturated carbocycles. The Morgan fingerprint density at radius 3 is 2.70 bits per heavy atom. The minimum Gasteiger partial charge on any atom is -0.480 e. The van der Waals surface area contributed by atoms with Gasteiger partial charge in [-0.25, -0.2) is 4.98 Å². The third-order valence-electron chi connectivity index (χ3n) is 2.13. The van der Waals surface area contributed by atoms with Crippen molar-refractivity contribution in [3.05, 3.63) is 23.4 Å². The predicted molar refractivity (Wildman–Crippen MR) is 63.9 cm³/mol. The van der Waals surface area contributed by atoms with Crippen molar-refractivity contribution in [1.82, 2.24) is 4.98 Å². The molecule has 108 valence electrons. The van der Waals surface area contributed by atoms with Gasteiger partial charge in [0, 0.05) is 6.20 Å². The van der Waals surface area contributed by atoms with E-state index in [0.717, 1.165) is 6.07 Å². The number of aromatic nitrogens is 1. The van der Waals surface area contributed by atoms with E-state index < -0.39 is 17.7 Å². The summed E-state index contributed by atoms with van der Waals surface area (Å²) in [5.74, 6) is 4.28. The van der Waals surface area contributed by atoms with Crippen LogP contribution in [0.15, 0.2) is 12.3 Å². The van der Waals surface area contributed by atoms with Crippen molar-refractivity contribution in [2.45, 2.75) is 19.5 Å². The van der Waals surface area contributed by atoms with Crippen LogP contribution in [0.3, 0.4) is 0 Å². The van der Waals surface area contributed by atoms with Gasteiger partial charge in [0.15, 0.2) is 0 Å². The lowest BCUT2D eigenvalue weighted by molar-refractivity contribution is -0.142. The Balaban J connectivity index is 2.98. The van der Waals surface area contributed by atoms with Crippen LogP contribution in [-0.4, -0.2) is 24.7 Å². The number of hydrogen-bond donors (Lipinski definition) is 0. The molecule has 0 aliphatic heterocycles. The number of halogens is 3. The van der Waals surface area contributed by atoms with Crippen molar-refractivity contribution in [1.29, 1.82) is 0 Å². The first-order valence-corrected chi connectivity index (χ1v) is 5.64. The molecule has 0 fully saturated rings. The highest BCUT2D eigenvalue weighted by molar-refractivity contribution is 5.72. The number of hydrogen-bond acceptors (Lipinski definition) is 4. The highest BCUT2D eigenvalue weighted by Gasteiger charge is 2.31. The first-order valence-electron chi connectivity index (χ1n) is 5.64. The Labute approximate surface area is 113 Å². The summed E-state index contributed by atoms with van der Waals surface area (Å²) in [5.41, 5.74) is -0.967. The summed E-state index contributed by atoms with van der Waals surface area (Å²) in [4.78, 5) is 14.6. The van der Waals surface area contributed by atoms with E-state index in [9.17, 15) is 18.0 Å². The number of esters is 1. The smallest absolute Gasteiger partial charge is 0.417 e. The average molecular weight is 287 g/mol.